The molecular formula is C20H22N2O6S. The Bertz CT molecular complexity index is 953. The van der Waals surface area contributed by atoms with Gasteiger partial charge in [-0.2, -0.15) is 0 Å². The van der Waals surface area contributed by atoms with E-state index in [2.05, 4.69) is 5.32 Å². The number of anilines is 2. The molecule has 0 saturated carbocycles. The maximum atomic E-state index is 12.3. The van der Waals surface area contributed by atoms with E-state index in [0.717, 1.165) is 36.1 Å². The molecule has 0 unspecified atom stereocenters. The molecule has 0 radical (unpaired) electrons. The topological polar surface area (TPSA) is 117 Å². The van der Waals surface area contributed by atoms with Gasteiger partial charge >= 0.3 is 11.9 Å². The van der Waals surface area contributed by atoms with Crippen LogP contribution in [-0.4, -0.2) is 38.7 Å². The van der Waals surface area contributed by atoms with Crippen molar-refractivity contribution in [2.75, 3.05) is 31.9 Å². The Kier molecular flexibility index (Phi) is 6.38. The summed E-state index contributed by atoms with van der Waals surface area (Å²) in [5.74, 6) is -1.27. The van der Waals surface area contributed by atoms with Crippen LogP contribution < -0.4 is 15.8 Å². The summed E-state index contributed by atoms with van der Waals surface area (Å²) >= 11 is 1.37. The summed E-state index contributed by atoms with van der Waals surface area (Å²) < 4.78 is 15.0. The molecule has 1 heterocycles. The van der Waals surface area contributed by atoms with E-state index in [1.54, 1.807) is 6.07 Å². The predicted octanol–water partition coefficient (Wildman–Crippen LogP) is 2.80. The van der Waals surface area contributed by atoms with Crippen molar-refractivity contribution in [2.24, 2.45) is 0 Å². The first-order valence-electron chi connectivity index (χ1n) is 9.08. The minimum absolute atomic E-state index is 0.206. The van der Waals surface area contributed by atoms with Crippen molar-refractivity contribution in [3.05, 3.63) is 39.8 Å². The molecular weight excluding hydrogens is 396 g/mol. The molecule has 1 aromatic carbocycles. The molecule has 0 atom stereocenters. The van der Waals surface area contributed by atoms with E-state index < -0.39 is 24.5 Å². The van der Waals surface area contributed by atoms with Gasteiger partial charge in [-0.05, 0) is 49.4 Å². The highest BCUT2D eigenvalue weighted by atomic mass is 32.1. The van der Waals surface area contributed by atoms with Gasteiger partial charge in [0.15, 0.2) is 6.61 Å². The normalized spacial score (nSPS) is 12.6. The van der Waals surface area contributed by atoms with E-state index in [1.807, 2.05) is 0 Å². The van der Waals surface area contributed by atoms with Crippen molar-refractivity contribution < 1.29 is 28.6 Å². The number of carbonyl (C=O) groups is 3. The van der Waals surface area contributed by atoms with Gasteiger partial charge in [0.2, 0.25) is 0 Å². The number of nitrogens with one attached hydrogen (secondary N) is 1. The number of nitrogen functional groups attached to an aromatic ring is 1. The van der Waals surface area contributed by atoms with Crippen LogP contribution in [0.2, 0.25) is 0 Å². The summed E-state index contributed by atoms with van der Waals surface area (Å²) in [6, 6.07) is 4.46. The summed E-state index contributed by atoms with van der Waals surface area (Å²) in [6.45, 7) is -0.492. The molecule has 0 bridgehead atoms. The SMILES string of the molecule is COC(=O)c1c(NC(=O)COC(=O)c2ccc(OC)c(N)c2)sc2c1CCCC2. The van der Waals surface area contributed by atoms with Gasteiger partial charge in [0, 0.05) is 4.88 Å². The van der Waals surface area contributed by atoms with Gasteiger partial charge in [-0.25, -0.2) is 9.59 Å². The fourth-order valence-electron chi connectivity index (χ4n) is 3.21. The van der Waals surface area contributed by atoms with E-state index in [4.69, 9.17) is 19.9 Å². The highest BCUT2D eigenvalue weighted by Gasteiger charge is 2.27. The molecule has 0 saturated heterocycles. The van der Waals surface area contributed by atoms with Gasteiger partial charge in [-0.1, -0.05) is 0 Å². The van der Waals surface area contributed by atoms with Crippen molar-refractivity contribution in [3.8, 4) is 5.75 Å². The standard InChI is InChI=1S/C20H22N2O6S/c1-26-14-8-7-11(9-13(14)21)19(24)28-10-16(23)22-18-17(20(25)27-2)12-5-3-4-6-15(12)29-18/h7-9H,3-6,10,21H2,1-2H3,(H,22,23). The average molecular weight is 418 g/mol. The van der Waals surface area contributed by atoms with Crippen molar-refractivity contribution in [2.45, 2.75) is 25.7 Å². The molecule has 154 valence electrons. The Labute approximate surface area is 171 Å². The Morgan fingerprint density at radius 1 is 1.14 bits per heavy atom. The van der Waals surface area contributed by atoms with E-state index in [-0.39, 0.29) is 5.56 Å². The summed E-state index contributed by atoms with van der Waals surface area (Å²) in [5.41, 5.74) is 7.61. The second kappa shape index (κ2) is 8.95. The van der Waals surface area contributed by atoms with Crippen LogP contribution in [0.15, 0.2) is 18.2 Å². The van der Waals surface area contributed by atoms with E-state index in [1.165, 1.54) is 37.7 Å². The summed E-state index contributed by atoms with van der Waals surface area (Å²) in [6.07, 6.45) is 3.68. The van der Waals surface area contributed by atoms with Crippen LogP contribution in [0.5, 0.6) is 5.75 Å². The zero-order chi connectivity index (χ0) is 21.0. The molecule has 1 aromatic heterocycles. The van der Waals surface area contributed by atoms with Crippen LogP contribution >= 0.6 is 11.3 Å². The highest BCUT2D eigenvalue weighted by molar-refractivity contribution is 7.17. The zero-order valence-electron chi connectivity index (χ0n) is 16.2. The first-order chi connectivity index (χ1) is 13.9. The van der Waals surface area contributed by atoms with Crippen LogP contribution in [0.1, 0.15) is 44.0 Å². The Balaban J connectivity index is 1.67. The number of thiophene rings is 1. The van der Waals surface area contributed by atoms with Crippen molar-refractivity contribution in [1.82, 2.24) is 0 Å². The molecule has 3 rings (SSSR count). The lowest BCUT2D eigenvalue weighted by molar-refractivity contribution is -0.119. The number of esters is 2. The summed E-state index contributed by atoms with van der Waals surface area (Å²) in [7, 11) is 2.78. The van der Waals surface area contributed by atoms with Crippen molar-refractivity contribution in [1.29, 1.82) is 0 Å². The van der Waals surface area contributed by atoms with E-state index >= 15 is 0 Å². The number of ether oxygens (including phenoxy) is 3. The van der Waals surface area contributed by atoms with Gasteiger partial charge in [-0.3, -0.25) is 4.79 Å². The van der Waals surface area contributed by atoms with Crippen LogP contribution in [-0.2, 0) is 27.1 Å². The van der Waals surface area contributed by atoms with E-state index in [9.17, 15) is 14.4 Å². The largest absolute Gasteiger partial charge is 0.495 e. The Morgan fingerprint density at radius 2 is 1.90 bits per heavy atom. The number of nitrogens with two attached hydrogens (primary N) is 1. The molecule has 1 aliphatic rings. The third-order valence-electron chi connectivity index (χ3n) is 4.61. The average Bonchev–Trinajstić information content (AvgIpc) is 3.09. The number of methoxy groups -OCH3 is 2. The van der Waals surface area contributed by atoms with Gasteiger partial charge < -0.3 is 25.3 Å². The number of hydrogen-bond acceptors (Lipinski definition) is 8. The van der Waals surface area contributed by atoms with Crippen LogP contribution in [0.25, 0.3) is 0 Å². The molecule has 3 N–H and O–H groups in total. The molecule has 0 aliphatic heterocycles. The maximum absolute atomic E-state index is 12.3. The fourth-order valence-corrected chi connectivity index (χ4v) is 4.50. The second-order valence-electron chi connectivity index (χ2n) is 6.49. The van der Waals surface area contributed by atoms with Gasteiger partial charge in [0.05, 0.1) is 31.0 Å². The lowest BCUT2D eigenvalue weighted by Crippen LogP contribution is -2.22. The Morgan fingerprint density at radius 3 is 2.59 bits per heavy atom. The fraction of sp³-hybridized carbons (Fsp3) is 0.350. The molecule has 8 nitrogen and oxygen atoms in total. The first-order valence-corrected chi connectivity index (χ1v) is 9.89. The molecule has 1 amide bonds. The molecule has 29 heavy (non-hydrogen) atoms. The van der Waals surface area contributed by atoms with Crippen molar-refractivity contribution >= 4 is 39.9 Å². The quantitative estimate of drug-likeness (QED) is 0.547. The molecule has 0 spiro atoms. The number of aryl methyl sites for hydroxylation is 1. The first kappa shape index (κ1) is 20.7. The lowest BCUT2D eigenvalue weighted by atomic mass is 9.95. The zero-order valence-corrected chi connectivity index (χ0v) is 17.0. The number of amides is 1. The Hall–Kier alpha value is -3.07. The van der Waals surface area contributed by atoms with Gasteiger partial charge in [0.1, 0.15) is 10.8 Å². The van der Waals surface area contributed by atoms with Crippen LogP contribution in [0.3, 0.4) is 0 Å². The van der Waals surface area contributed by atoms with Crippen molar-refractivity contribution in [3.63, 3.8) is 0 Å². The monoisotopic (exact) mass is 418 g/mol. The number of rotatable bonds is 6. The van der Waals surface area contributed by atoms with Crippen LogP contribution in [0.4, 0.5) is 10.7 Å². The minimum atomic E-state index is -0.687. The number of fused-ring (bicyclic) bond motifs is 1. The number of hydrogen-bond donors (Lipinski definition) is 2. The molecule has 9 heteroatoms. The third kappa shape index (κ3) is 4.51. The summed E-state index contributed by atoms with van der Waals surface area (Å²) in [4.78, 5) is 37.8. The summed E-state index contributed by atoms with van der Waals surface area (Å²) in [5, 5.41) is 3.11. The number of carbonyl (C=O) groups excluding carboxylic acids is 3. The van der Waals surface area contributed by atoms with Gasteiger partial charge in [-0.15, -0.1) is 11.3 Å². The lowest BCUT2D eigenvalue weighted by Gasteiger charge is -2.11. The van der Waals surface area contributed by atoms with E-state index in [0.29, 0.717) is 22.0 Å². The third-order valence-corrected chi connectivity index (χ3v) is 5.82. The second-order valence-corrected chi connectivity index (χ2v) is 7.59. The highest BCUT2D eigenvalue weighted by Crippen LogP contribution is 2.38. The molecule has 0 fully saturated rings. The molecule has 1 aliphatic carbocycles. The maximum Gasteiger partial charge on any atom is 0.341 e. The van der Waals surface area contributed by atoms with Crippen LogP contribution in [0, 0.1) is 0 Å². The minimum Gasteiger partial charge on any atom is -0.495 e. The predicted molar refractivity (Wildman–Crippen MR) is 109 cm³/mol. The van der Waals surface area contributed by atoms with Gasteiger partial charge in [0.25, 0.3) is 5.91 Å². The molecule has 2 aromatic rings. The smallest absolute Gasteiger partial charge is 0.341 e. The number of benzene rings is 1.